The van der Waals surface area contributed by atoms with Gasteiger partial charge in [0.2, 0.25) is 0 Å². The topological polar surface area (TPSA) is 71.1 Å². The van der Waals surface area contributed by atoms with Gasteiger partial charge in [-0.25, -0.2) is 9.78 Å². The van der Waals surface area contributed by atoms with E-state index in [0.717, 1.165) is 5.69 Å². The predicted octanol–water partition coefficient (Wildman–Crippen LogP) is 2.24. The minimum absolute atomic E-state index is 0.278. The Labute approximate surface area is 123 Å². The Balaban J connectivity index is 1.82. The number of amides is 2. The van der Waals surface area contributed by atoms with Crippen LogP contribution in [0.2, 0.25) is 0 Å². The normalized spacial score (nSPS) is 11.8. The third kappa shape index (κ3) is 4.43. The summed E-state index contributed by atoms with van der Waals surface area (Å²) in [5.74, 6) is 0. The molecule has 0 radical (unpaired) electrons. The largest absolute Gasteiger partial charge is 0.337 e. The molecule has 0 unspecified atom stereocenters. The lowest BCUT2D eigenvalue weighted by molar-refractivity contribution is 0.252. The van der Waals surface area contributed by atoms with Gasteiger partial charge in [-0.05, 0) is 18.2 Å². The predicted molar refractivity (Wildman–Crippen MR) is 81.6 cm³/mol. The number of urea groups is 1. The molecule has 0 saturated carbocycles. The molecule has 2 N–H and O–H groups in total. The molecule has 0 saturated heterocycles. The minimum atomic E-state index is -1.06. The van der Waals surface area contributed by atoms with Crippen molar-refractivity contribution in [3.8, 4) is 0 Å². The van der Waals surface area contributed by atoms with Gasteiger partial charge in [0.1, 0.15) is 0 Å². The van der Waals surface area contributed by atoms with Crippen molar-refractivity contribution in [2.45, 2.75) is 11.3 Å². The van der Waals surface area contributed by atoms with E-state index in [1.165, 1.54) is 11.3 Å². The Kier molecular flexibility index (Phi) is 5.25. The van der Waals surface area contributed by atoms with E-state index in [2.05, 4.69) is 15.6 Å². The molecule has 0 spiro atoms. The molecule has 0 aliphatic carbocycles. The third-order valence-electron chi connectivity index (χ3n) is 2.57. The number of anilines is 1. The van der Waals surface area contributed by atoms with Crippen LogP contribution >= 0.6 is 11.3 Å². The van der Waals surface area contributed by atoms with E-state index in [0.29, 0.717) is 23.5 Å². The Morgan fingerprint density at radius 1 is 1.45 bits per heavy atom. The van der Waals surface area contributed by atoms with Gasteiger partial charge in [-0.1, -0.05) is 6.07 Å². The summed E-state index contributed by atoms with van der Waals surface area (Å²) in [6.45, 7) is 0.523. The molecule has 2 rings (SSSR count). The maximum atomic E-state index is 11.7. The fourth-order valence-electron chi connectivity index (χ4n) is 1.59. The van der Waals surface area contributed by atoms with Crippen LogP contribution in [0, 0.1) is 0 Å². The van der Waals surface area contributed by atoms with Gasteiger partial charge in [0.15, 0.2) is 0 Å². The zero-order valence-corrected chi connectivity index (χ0v) is 12.6. The van der Waals surface area contributed by atoms with Gasteiger partial charge in [0, 0.05) is 46.0 Å². The van der Waals surface area contributed by atoms with Crippen LogP contribution in [0.15, 0.2) is 40.1 Å². The number of hydrogen-bond donors (Lipinski definition) is 2. The molecule has 20 heavy (non-hydrogen) atoms. The fraction of sp³-hybridized carbons (Fsp3) is 0.231. The number of rotatable bonds is 5. The summed E-state index contributed by atoms with van der Waals surface area (Å²) >= 11 is 1.54. The lowest BCUT2D eigenvalue weighted by Crippen LogP contribution is -2.30. The molecule has 1 aromatic heterocycles. The first-order chi connectivity index (χ1) is 9.65. The fourth-order valence-corrected chi connectivity index (χ4v) is 2.75. The van der Waals surface area contributed by atoms with E-state index in [1.54, 1.807) is 36.0 Å². The molecule has 0 aliphatic heterocycles. The van der Waals surface area contributed by atoms with Gasteiger partial charge in [-0.2, -0.15) is 0 Å². The Morgan fingerprint density at radius 3 is 3.00 bits per heavy atom. The van der Waals surface area contributed by atoms with Crippen LogP contribution in [0.5, 0.6) is 0 Å². The average molecular weight is 309 g/mol. The number of aromatic nitrogens is 1. The molecule has 1 atom stereocenters. The highest BCUT2D eigenvalue weighted by Gasteiger charge is 2.04. The second-order valence-corrected chi connectivity index (χ2v) is 6.19. The van der Waals surface area contributed by atoms with Crippen molar-refractivity contribution >= 4 is 33.9 Å². The van der Waals surface area contributed by atoms with Gasteiger partial charge in [0.25, 0.3) is 0 Å². The average Bonchev–Trinajstić information content (AvgIpc) is 2.92. The van der Waals surface area contributed by atoms with Crippen LogP contribution < -0.4 is 10.6 Å². The van der Waals surface area contributed by atoms with Crippen LogP contribution in [0.3, 0.4) is 0 Å². The first kappa shape index (κ1) is 14.7. The number of nitrogens with zero attached hydrogens (tertiary/aromatic N) is 1. The molecule has 1 aromatic carbocycles. The van der Waals surface area contributed by atoms with Crippen molar-refractivity contribution in [2.24, 2.45) is 0 Å². The monoisotopic (exact) mass is 309 g/mol. The molecule has 2 amide bonds. The van der Waals surface area contributed by atoms with E-state index in [4.69, 9.17) is 0 Å². The highest BCUT2D eigenvalue weighted by Crippen LogP contribution is 2.12. The van der Waals surface area contributed by atoms with Gasteiger partial charge < -0.3 is 10.6 Å². The van der Waals surface area contributed by atoms with Gasteiger partial charge >= 0.3 is 6.03 Å². The summed E-state index contributed by atoms with van der Waals surface area (Å²) in [6, 6.07) is 6.72. The van der Waals surface area contributed by atoms with E-state index < -0.39 is 10.8 Å². The summed E-state index contributed by atoms with van der Waals surface area (Å²) in [5, 5.41) is 7.43. The summed E-state index contributed by atoms with van der Waals surface area (Å²) in [6.07, 6.45) is 2.31. The molecule has 0 bridgehead atoms. The quantitative estimate of drug-likeness (QED) is 0.890. The minimum Gasteiger partial charge on any atom is -0.337 e. The van der Waals surface area contributed by atoms with E-state index >= 15 is 0 Å². The van der Waals surface area contributed by atoms with Crippen LogP contribution in [0.4, 0.5) is 10.5 Å². The zero-order chi connectivity index (χ0) is 14.4. The summed E-state index contributed by atoms with van der Waals surface area (Å²) in [4.78, 5) is 16.5. The summed E-state index contributed by atoms with van der Waals surface area (Å²) in [5.41, 5.74) is 3.37. The third-order valence-corrected chi connectivity index (χ3v) is 4.13. The van der Waals surface area contributed by atoms with Gasteiger partial charge in [0.05, 0.1) is 11.2 Å². The molecule has 2 aromatic rings. The van der Waals surface area contributed by atoms with Crippen molar-refractivity contribution in [3.63, 3.8) is 0 Å². The molecule has 1 heterocycles. The lowest BCUT2D eigenvalue weighted by Gasteiger charge is -2.07. The van der Waals surface area contributed by atoms with Gasteiger partial charge in [-0.3, -0.25) is 4.21 Å². The Morgan fingerprint density at radius 2 is 2.30 bits per heavy atom. The van der Waals surface area contributed by atoms with Crippen molar-refractivity contribution in [1.82, 2.24) is 10.3 Å². The molecule has 5 nitrogen and oxygen atoms in total. The zero-order valence-electron chi connectivity index (χ0n) is 11.0. The Bertz CT molecular complexity index is 599. The number of benzene rings is 1. The number of carbonyl (C=O) groups is 1. The first-order valence-electron chi connectivity index (χ1n) is 6.00. The van der Waals surface area contributed by atoms with Crippen LogP contribution in [0.25, 0.3) is 0 Å². The lowest BCUT2D eigenvalue weighted by atomic mass is 10.3. The molecule has 0 fully saturated rings. The number of hydrogen-bond acceptors (Lipinski definition) is 4. The molecule has 0 aliphatic rings. The highest BCUT2D eigenvalue weighted by molar-refractivity contribution is 7.84. The smallest absolute Gasteiger partial charge is 0.319 e. The molecule has 7 heteroatoms. The van der Waals surface area contributed by atoms with E-state index in [9.17, 15) is 9.00 Å². The van der Waals surface area contributed by atoms with Gasteiger partial charge in [-0.15, -0.1) is 11.3 Å². The second-order valence-electron chi connectivity index (χ2n) is 4.09. The molecular weight excluding hydrogens is 294 g/mol. The summed E-state index contributed by atoms with van der Waals surface area (Å²) < 4.78 is 11.4. The highest BCUT2D eigenvalue weighted by atomic mass is 32.2. The first-order valence-corrected chi connectivity index (χ1v) is 8.50. The Hall–Kier alpha value is -1.73. The van der Waals surface area contributed by atoms with Crippen molar-refractivity contribution in [2.75, 3.05) is 18.1 Å². The van der Waals surface area contributed by atoms with E-state index in [1.807, 2.05) is 5.38 Å². The SMILES string of the molecule is C[S@@](=O)c1cccc(NC(=O)NCCc2cscn2)c1. The van der Waals surface area contributed by atoms with Crippen molar-refractivity contribution in [1.29, 1.82) is 0 Å². The van der Waals surface area contributed by atoms with Crippen LogP contribution in [-0.2, 0) is 17.2 Å². The maximum absolute atomic E-state index is 11.7. The maximum Gasteiger partial charge on any atom is 0.319 e. The summed E-state index contributed by atoms with van der Waals surface area (Å²) in [7, 11) is -1.06. The van der Waals surface area contributed by atoms with Crippen LogP contribution in [-0.4, -0.2) is 28.0 Å². The van der Waals surface area contributed by atoms with Crippen molar-refractivity contribution in [3.05, 3.63) is 40.8 Å². The number of carbonyl (C=O) groups excluding carboxylic acids is 1. The number of thiazole rings is 1. The van der Waals surface area contributed by atoms with Crippen molar-refractivity contribution < 1.29 is 9.00 Å². The number of nitrogens with one attached hydrogen (secondary N) is 2. The standard InChI is InChI=1S/C13H15N3O2S2/c1-20(18)12-4-2-3-10(7-12)16-13(17)14-6-5-11-8-19-9-15-11/h2-4,7-9H,5-6H2,1H3,(H2,14,16,17)/t20-/m1/s1. The molecule has 106 valence electrons. The van der Waals surface area contributed by atoms with E-state index in [-0.39, 0.29) is 6.03 Å². The second kappa shape index (κ2) is 7.16. The van der Waals surface area contributed by atoms with Crippen LogP contribution in [0.1, 0.15) is 5.69 Å². The molecular formula is C13H15N3O2S2.